The van der Waals surface area contributed by atoms with Gasteiger partial charge in [-0.3, -0.25) is 4.21 Å². The van der Waals surface area contributed by atoms with Gasteiger partial charge in [0.15, 0.2) is 0 Å². The molecule has 1 aromatic heterocycles. The molecule has 0 aliphatic rings. The van der Waals surface area contributed by atoms with Crippen molar-refractivity contribution in [3.63, 3.8) is 0 Å². The zero-order chi connectivity index (χ0) is 15.1. The van der Waals surface area contributed by atoms with Crippen LogP contribution in [-0.4, -0.2) is 25.8 Å². The van der Waals surface area contributed by atoms with E-state index in [-0.39, 0.29) is 11.3 Å². The van der Waals surface area contributed by atoms with E-state index in [9.17, 15) is 17.4 Å². The minimum atomic E-state index is -4.57. The first-order chi connectivity index (χ1) is 9.20. The number of nitrogens with two attached hydrogens (primary N) is 1. The number of benzene rings is 1. The minimum absolute atomic E-state index is 0.124. The molecule has 0 amide bonds. The molecular weight excluding hydrogens is 291 g/mol. The van der Waals surface area contributed by atoms with Crippen molar-refractivity contribution in [1.29, 1.82) is 0 Å². The Hall–Kier alpha value is -1.57. The van der Waals surface area contributed by atoms with Crippen molar-refractivity contribution in [3.8, 4) is 0 Å². The lowest BCUT2D eigenvalue weighted by Gasteiger charge is -2.17. The quantitative estimate of drug-likeness (QED) is 0.887. The number of imidazole rings is 1. The van der Waals surface area contributed by atoms with Crippen LogP contribution >= 0.6 is 0 Å². The Balaban J connectivity index is 2.67. The molecule has 0 saturated carbocycles. The number of rotatable bonds is 3. The number of anilines is 1. The molecule has 8 heteroatoms. The molecule has 0 fully saturated rings. The summed E-state index contributed by atoms with van der Waals surface area (Å²) in [5.74, 6) is -0.866. The number of aromatic nitrogens is 2. The van der Waals surface area contributed by atoms with Crippen LogP contribution in [0.2, 0.25) is 0 Å². The molecule has 1 aromatic carbocycles. The Bertz CT molecular complexity index is 666. The fourth-order valence-corrected chi connectivity index (χ4v) is 3.00. The molecule has 2 rings (SSSR count). The number of nitrogen functional groups attached to an aromatic ring is 1. The lowest BCUT2D eigenvalue weighted by atomic mass is 10.2. The average molecular weight is 305 g/mol. The molecule has 0 aliphatic heterocycles. The van der Waals surface area contributed by atoms with Crippen molar-refractivity contribution < 1.29 is 17.4 Å². The van der Waals surface area contributed by atoms with E-state index in [2.05, 4.69) is 4.98 Å². The number of nitrogens with zero attached hydrogens (tertiary/aromatic N) is 2. The molecule has 0 saturated heterocycles. The summed E-state index contributed by atoms with van der Waals surface area (Å²) in [6, 6.07) is 3.85. The van der Waals surface area contributed by atoms with Gasteiger partial charge in [0.1, 0.15) is 0 Å². The second-order valence-corrected chi connectivity index (χ2v) is 6.12. The third-order valence-corrected chi connectivity index (χ3v) is 3.84. The zero-order valence-corrected chi connectivity index (χ0v) is 11.8. The van der Waals surface area contributed by atoms with Gasteiger partial charge in [0.05, 0.1) is 11.0 Å². The van der Waals surface area contributed by atoms with Crippen molar-refractivity contribution in [2.24, 2.45) is 0 Å². The van der Waals surface area contributed by atoms with Crippen LogP contribution in [0, 0.1) is 0 Å². The first-order valence-electron chi connectivity index (χ1n) is 5.85. The Kier molecular flexibility index (Phi) is 3.77. The summed E-state index contributed by atoms with van der Waals surface area (Å²) < 4.78 is 51.6. The number of hydrogen-bond donors (Lipinski definition) is 1. The summed E-state index contributed by atoms with van der Waals surface area (Å²) in [6.45, 7) is 1.59. The first-order valence-corrected chi connectivity index (χ1v) is 7.57. The molecule has 20 heavy (non-hydrogen) atoms. The van der Waals surface area contributed by atoms with Crippen molar-refractivity contribution in [2.75, 3.05) is 17.7 Å². The van der Waals surface area contributed by atoms with E-state index in [1.54, 1.807) is 6.92 Å². The molecule has 2 aromatic rings. The number of fused-ring (bicyclic) bond motifs is 1. The van der Waals surface area contributed by atoms with Gasteiger partial charge in [-0.1, -0.05) is 0 Å². The largest absolute Gasteiger partial charge is 0.449 e. The fourth-order valence-electron chi connectivity index (χ4n) is 2.18. The normalized spacial score (nSPS) is 15.4. The molecule has 2 unspecified atom stereocenters. The van der Waals surface area contributed by atoms with E-state index < -0.39 is 28.8 Å². The number of alkyl halides is 3. The maximum atomic E-state index is 13.1. The van der Waals surface area contributed by atoms with Gasteiger partial charge >= 0.3 is 6.18 Å². The van der Waals surface area contributed by atoms with Gasteiger partial charge in [0, 0.05) is 34.5 Å². The Labute approximate surface area is 116 Å². The van der Waals surface area contributed by atoms with Gasteiger partial charge in [0.2, 0.25) is 5.82 Å². The van der Waals surface area contributed by atoms with E-state index in [4.69, 9.17) is 5.73 Å². The van der Waals surface area contributed by atoms with Crippen LogP contribution in [0.3, 0.4) is 0 Å². The predicted molar refractivity (Wildman–Crippen MR) is 72.8 cm³/mol. The average Bonchev–Trinajstić information content (AvgIpc) is 2.65. The third kappa shape index (κ3) is 2.79. The van der Waals surface area contributed by atoms with E-state index in [1.807, 2.05) is 0 Å². The van der Waals surface area contributed by atoms with Crippen LogP contribution < -0.4 is 5.73 Å². The Morgan fingerprint density at radius 3 is 2.65 bits per heavy atom. The third-order valence-electron chi connectivity index (χ3n) is 2.88. The maximum Gasteiger partial charge on any atom is 0.449 e. The van der Waals surface area contributed by atoms with Crippen LogP contribution in [-0.2, 0) is 17.0 Å². The molecule has 4 nitrogen and oxygen atoms in total. The molecule has 2 N–H and O–H groups in total. The van der Waals surface area contributed by atoms with Crippen molar-refractivity contribution in [3.05, 3.63) is 24.0 Å². The highest BCUT2D eigenvalue weighted by Gasteiger charge is 2.38. The smallest absolute Gasteiger partial charge is 0.399 e. The molecular formula is C12H14F3N3OS. The van der Waals surface area contributed by atoms with Crippen molar-refractivity contribution in [1.82, 2.24) is 9.55 Å². The SMILES string of the molecule is CC(CS(C)=O)n1c(C(F)(F)F)nc2cc(N)ccc21. The van der Waals surface area contributed by atoms with Crippen molar-refractivity contribution >= 4 is 27.5 Å². The highest BCUT2D eigenvalue weighted by Crippen LogP contribution is 2.34. The summed E-state index contributed by atoms with van der Waals surface area (Å²) in [5.41, 5.74) is 6.44. The Morgan fingerprint density at radius 2 is 2.10 bits per heavy atom. The van der Waals surface area contributed by atoms with Gasteiger partial charge < -0.3 is 10.3 Å². The predicted octanol–water partition coefficient (Wildman–Crippen LogP) is 2.58. The highest BCUT2D eigenvalue weighted by molar-refractivity contribution is 7.84. The van der Waals surface area contributed by atoms with Gasteiger partial charge in [-0.05, 0) is 25.1 Å². The second kappa shape index (κ2) is 5.08. The molecule has 0 aliphatic carbocycles. The molecule has 0 spiro atoms. The molecule has 2 atom stereocenters. The standard InChI is InChI=1S/C12H14F3N3OS/c1-7(6-20(2)19)18-10-4-3-8(16)5-9(10)17-11(18)12(13,14)15/h3-5,7H,6,16H2,1-2H3. The van der Waals surface area contributed by atoms with E-state index in [1.165, 1.54) is 24.5 Å². The number of hydrogen-bond acceptors (Lipinski definition) is 3. The zero-order valence-electron chi connectivity index (χ0n) is 10.9. The summed E-state index contributed by atoms with van der Waals surface area (Å²) in [4.78, 5) is 3.63. The number of halogens is 3. The Morgan fingerprint density at radius 1 is 1.45 bits per heavy atom. The van der Waals surface area contributed by atoms with Crippen LogP contribution in [0.25, 0.3) is 11.0 Å². The maximum absolute atomic E-state index is 13.1. The lowest BCUT2D eigenvalue weighted by Crippen LogP contribution is -2.21. The summed E-state index contributed by atoms with van der Waals surface area (Å²) >= 11 is 0. The fraction of sp³-hybridized carbons (Fsp3) is 0.417. The van der Waals surface area contributed by atoms with Crippen LogP contribution in [0.5, 0.6) is 0 Å². The minimum Gasteiger partial charge on any atom is -0.399 e. The van der Waals surface area contributed by atoms with Crippen molar-refractivity contribution in [2.45, 2.75) is 19.1 Å². The van der Waals surface area contributed by atoms with Crippen LogP contribution in [0.4, 0.5) is 18.9 Å². The van der Waals surface area contributed by atoms with Crippen LogP contribution in [0.15, 0.2) is 18.2 Å². The van der Waals surface area contributed by atoms with Gasteiger partial charge in [-0.15, -0.1) is 0 Å². The summed E-state index contributed by atoms with van der Waals surface area (Å²) in [7, 11) is -1.20. The molecule has 0 bridgehead atoms. The van der Waals surface area contributed by atoms with Gasteiger partial charge in [-0.2, -0.15) is 13.2 Å². The lowest BCUT2D eigenvalue weighted by molar-refractivity contribution is -0.147. The highest BCUT2D eigenvalue weighted by atomic mass is 32.2. The van der Waals surface area contributed by atoms with Crippen LogP contribution in [0.1, 0.15) is 18.8 Å². The molecule has 110 valence electrons. The first kappa shape index (κ1) is 14.8. The van der Waals surface area contributed by atoms with E-state index in [0.29, 0.717) is 11.2 Å². The van der Waals surface area contributed by atoms with Gasteiger partial charge in [-0.25, -0.2) is 4.98 Å². The molecule has 0 radical (unpaired) electrons. The van der Waals surface area contributed by atoms with Gasteiger partial charge in [0.25, 0.3) is 0 Å². The summed E-state index contributed by atoms with van der Waals surface area (Å²) in [6.07, 6.45) is -3.11. The monoisotopic (exact) mass is 305 g/mol. The molecule has 1 heterocycles. The van der Waals surface area contributed by atoms with E-state index >= 15 is 0 Å². The second-order valence-electron chi connectivity index (χ2n) is 4.64. The van der Waals surface area contributed by atoms with E-state index in [0.717, 1.165) is 4.57 Å². The summed E-state index contributed by atoms with van der Waals surface area (Å²) in [5, 5.41) is 0. The topological polar surface area (TPSA) is 60.9 Å².